The molecule has 0 aliphatic rings. The first kappa shape index (κ1) is 25.2. The second-order valence-electron chi connectivity index (χ2n) is 7.08. The minimum atomic E-state index is -0.505. The fourth-order valence-electron chi connectivity index (χ4n) is 2.89. The highest BCUT2D eigenvalue weighted by Crippen LogP contribution is 2.29. The van der Waals surface area contributed by atoms with Gasteiger partial charge in [0, 0.05) is 3.57 Å². The Kier molecular flexibility index (Phi) is 9.45. The number of benzene rings is 3. The first-order valence-electron chi connectivity index (χ1n) is 10.8. The van der Waals surface area contributed by atoms with E-state index in [2.05, 4.69) is 33.1 Å². The van der Waals surface area contributed by atoms with E-state index in [0.717, 1.165) is 9.99 Å². The second-order valence-corrected chi connectivity index (χ2v) is 8.24. The quantitative estimate of drug-likeness (QED) is 0.115. The van der Waals surface area contributed by atoms with Gasteiger partial charge in [-0.1, -0.05) is 19.1 Å². The van der Waals surface area contributed by atoms with Crippen LogP contribution in [0.25, 0.3) is 0 Å². The van der Waals surface area contributed by atoms with Crippen LogP contribution in [0.2, 0.25) is 0 Å². The van der Waals surface area contributed by atoms with Crippen molar-refractivity contribution in [3.8, 4) is 17.2 Å². The number of carbonyl (C=O) groups is 2. The van der Waals surface area contributed by atoms with Crippen molar-refractivity contribution in [2.24, 2.45) is 5.10 Å². The van der Waals surface area contributed by atoms with Crippen molar-refractivity contribution in [1.29, 1.82) is 0 Å². The lowest BCUT2D eigenvalue weighted by Gasteiger charge is -2.12. The molecule has 1 N–H and O–H groups in total. The van der Waals surface area contributed by atoms with Gasteiger partial charge in [-0.3, -0.25) is 4.79 Å². The highest BCUT2D eigenvalue weighted by atomic mass is 127. The smallest absolute Gasteiger partial charge is 0.343 e. The summed E-state index contributed by atoms with van der Waals surface area (Å²) in [5.74, 6) is 0.577. The number of hydrogen-bond acceptors (Lipinski definition) is 6. The average molecular weight is 572 g/mol. The average Bonchev–Trinajstić information content (AvgIpc) is 2.85. The Balaban J connectivity index is 1.67. The van der Waals surface area contributed by atoms with Gasteiger partial charge in [0.05, 0.1) is 30.6 Å². The molecule has 0 unspecified atom stereocenters. The Hall–Kier alpha value is -3.40. The summed E-state index contributed by atoms with van der Waals surface area (Å²) in [6.07, 6.45) is 2.40. The normalized spacial score (nSPS) is 10.7. The predicted octanol–water partition coefficient (Wildman–Crippen LogP) is 5.46. The molecule has 3 aromatic carbocycles. The van der Waals surface area contributed by atoms with Crippen LogP contribution in [0.5, 0.6) is 17.2 Å². The van der Waals surface area contributed by atoms with Crippen LogP contribution >= 0.6 is 22.6 Å². The molecule has 1 amide bonds. The molecule has 0 spiro atoms. The van der Waals surface area contributed by atoms with Crippen LogP contribution in [0, 0.1) is 3.57 Å². The van der Waals surface area contributed by atoms with E-state index in [4.69, 9.17) is 14.2 Å². The summed E-state index contributed by atoms with van der Waals surface area (Å²) in [6, 6.07) is 19.1. The predicted molar refractivity (Wildman–Crippen MR) is 139 cm³/mol. The molecule has 0 fully saturated rings. The molecule has 0 saturated heterocycles. The molecule has 0 aliphatic carbocycles. The zero-order chi connectivity index (χ0) is 24.3. The van der Waals surface area contributed by atoms with E-state index in [0.29, 0.717) is 41.4 Å². The Labute approximate surface area is 212 Å². The molecule has 0 saturated carbocycles. The lowest BCUT2D eigenvalue weighted by Crippen LogP contribution is -2.18. The van der Waals surface area contributed by atoms with Crippen LogP contribution < -0.4 is 19.6 Å². The molecule has 8 heteroatoms. The number of rotatable bonds is 10. The number of amides is 1. The molecule has 0 aromatic heterocycles. The first-order chi connectivity index (χ1) is 16.5. The highest BCUT2D eigenvalue weighted by molar-refractivity contribution is 14.1. The summed E-state index contributed by atoms with van der Waals surface area (Å²) >= 11 is 2.10. The van der Waals surface area contributed by atoms with Gasteiger partial charge in [0.25, 0.3) is 5.91 Å². The second kappa shape index (κ2) is 12.7. The molecular formula is C26H25IN2O5. The standard InChI is InChI=1S/C26H25IN2O5/c1-3-15-33-20-12-10-19(11-13-20)26(31)34-23-14-9-18(16-24(23)32-4-2)17-28-29-25(30)21-7-5-6-8-22(21)27/h5-14,16-17H,3-4,15H2,1-2H3,(H,29,30)/b28-17-. The molecular weight excluding hydrogens is 547 g/mol. The van der Waals surface area contributed by atoms with Crippen LogP contribution in [0.1, 0.15) is 46.5 Å². The lowest BCUT2D eigenvalue weighted by molar-refractivity contribution is 0.0728. The fraction of sp³-hybridized carbons (Fsp3) is 0.192. The van der Waals surface area contributed by atoms with Crippen LogP contribution in [0.3, 0.4) is 0 Å². The molecule has 176 valence electrons. The molecule has 0 bridgehead atoms. The van der Waals surface area contributed by atoms with Crippen molar-refractivity contribution in [2.75, 3.05) is 13.2 Å². The highest BCUT2D eigenvalue weighted by Gasteiger charge is 2.14. The summed E-state index contributed by atoms with van der Waals surface area (Å²) in [7, 11) is 0. The summed E-state index contributed by atoms with van der Waals surface area (Å²) in [4.78, 5) is 24.9. The Morgan fingerprint density at radius 3 is 2.44 bits per heavy atom. The third-order valence-electron chi connectivity index (χ3n) is 4.53. The van der Waals surface area contributed by atoms with Gasteiger partial charge < -0.3 is 14.2 Å². The molecule has 3 rings (SSSR count). The van der Waals surface area contributed by atoms with E-state index < -0.39 is 5.97 Å². The van der Waals surface area contributed by atoms with Crippen molar-refractivity contribution >= 4 is 40.7 Å². The lowest BCUT2D eigenvalue weighted by atomic mass is 10.2. The SMILES string of the molecule is CCCOc1ccc(C(=O)Oc2ccc(/C=N\NC(=O)c3ccccc3I)cc2OCC)cc1. The van der Waals surface area contributed by atoms with Gasteiger partial charge in [-0.25, -0.2) is 10.2 Å². The van der Waals surface area contributed by atoms with E-state index in [1.165, 1.54) is 6.21 Å². The third-order valence-corrected chi connectivity index (χ3v) is 5.47. The largest absolute Gasteiger partial charge is 0.494 e. The topological polar surface area (TPSA) is 86.2 Å². The maximum atomic E-state index is 12.6. The maximum Gasteiger partial charge on any atom is 0.343 e. The van der Waals surface area contributed by atoms with E-state index in [1.807, 2.05) is 26.0 Å². The summed E-state index contributed by atoms with van der Waals surface area (Å²) in [5, 5.41) is 4.02. The molecule has 0 radical (unpaired) electrons. The number of halogens is 1. The number of nitrogens with zero attached hydrogens (tertiary/aromatic N) is 1. The van der Waals surface area contributed by atoms with Crippen LogP contribution in [0.4, 0.5) is 0 Å². The first-order valence-corrected chi connectivity index (χ1v) is 11.9. The van der Waals surface area contributed by atoms with Crippen LogP contribution in [-0.4, -0.2) is 31.3 Å². The van der Waals surface area contributed by atoms with Gasteiger partial charge in [0.1, 0.15) is 5.75 Å². The van der Waals surface area contributed by atoms with Crippen LogP contribution in [-0.2, 0) is 0 Å². The number of ether oxygens (including phenoxy) is 3. The minimum absolute atomic E-state index is 0.290. The third kappa shape index (κ3) is 7.05. The van der Waals surface area contributed by atoms with E-state index in [9.17, 15) is 9.59 Å². The maximum absolute atomic E-state index is 12.6. The van der Waals surface area contributed by atoms with E-state index >= 15 is 0 Å². The molecule has 0 heterocycles. The Morgan fingerprint density at radius 1 is 0.971 bits per heavy atom. The van der Waals surface area contributed by atoms with Gasteiger partial charge in [-0.15, -0.1) is 0 Å². The summed E-state index contributed by atoms with van der Waals surface area (Å²) in [6.45, 7) is 4.87. The van der Waals surface area contributed by atoms with Crippen molar-refractivity contribution in [3.63, 3.8) is 0 Å². The molecule has 0 atom stereocenters. The minimum Gasteiger partial charge on any atom is -0.494 e. The van der Waals surface area contributed by atoms with Gasteiger partial charge in [-0.2, -0.15) is 5.10 Å². The van der Waals surface area contributed by atoms with Crippen molar-refractivity contribution in [2.45, 2.75) is 20.3 Å². The number of esters is 1. The van der Waals surface area contributed by atoms with Gasteiger partial charge in [0.2, 0.25) is 0 Å². The van der Waals surface area contributed by atoms with Gasteiger partial charge >= 0.3 is 5.97 Å². The number of nitrogens with one attached hydrogen (secondary N) is 1. The monoisotopic (exact) mass is 572 g/mol. The summed E-state index contributed by atoms with van der Waals surface area (Å²) < 4.78 is 17.6. The number of carbonyl (C=O) groups excluding carboxylic acids is 2. The van der Waals surface area contributed by atoms with Gasteiger partial charge in [-0.05, 0) is 96.1 Å². The van der Waals surface area contributed by atoms with Crippen molar-refractivity contribution < 1.29 is 23.8 Å². The van der Waals surface area contributed by atoms with E-state index in [-0.39, 0.29) is 11.7 Å². The number of hydrogen-bond donors (Lipinski definition) is 1. The zero-order valence-corrected chi connectivity index (χ0v) is 21.1. The van der Waals surface area contributed by atoms with Crippen LogP contribution in [0.15, 0.2) is 71.8 Å². The molecule has 34 heavy (non-hydrogen) atoms. The molecule has 3 aromatic rings. The Morgan fingerprint density at radius 2 is 1.74 bits per heavy atom. The van der Waals surface area contributed by atoms with Crippen molar-refractivity contribution in [1.82, 2.24) is 5.43 Å². The zero-order valence-electron chi connectivity index (χ0n) is 18.9. The van der Waals surface area contributed by atoms with E-state index in [1.54, 1.807) is 54.6 Å². The molecule has 7 nitrogen and oxygen atoms in total. The Bertz CT molecular complexity index is 1160. The van der Waals surface area contributed by atoms with Crippen molar-refractivity contribution in [3.05, 3.63) is 87.0 Å². The molecule has 0 aliphatic heterocycles. The fourth-order valence-corrected chi connectivity index (χ4v) is 3.53. The number of hydrazone groups is 1. The summed E-state index contributed by atoms with van der Waals surface area (Å²) in [5.41, 5.74) is 4.13. The van der Waals surface area contributed by atoms with Gasteiger partial charge in [0.15, 0.2) is 11.5 Å².